The van der Waals surface area contributed by atoms with E-state index in [-0.39, 0.29) is 0 Å². The molecule has 0 amide bonds. The molecule has 0 spiro atoms. The predicted molar refractivity (Wildman–Crippen MR) is 73.5 cm³/mol. The van der Waals surface area contributed by atoms with E-state index in [1.807, 2.05) is 6.92 Å². The molecule has 0 fully saturated rings. The number of unbranched alkanes of at least 4 members (excludes halogenated alkanes) is 2. The van der Waals surface area contributed by atoms with Crippen molar-refractivity contribution in [1.82, 2.24) is 20.5 Å². The number of hydrogen-bond donors (Lipinski definition) is 2. The number of aryl methyl sites for hydroxylation is 1. The molecular formula is C12H24N4S. The molecule has 17 heavy (non-hydrogen) atoms. The van der Waals surface area contributed by atoms with Crippen LogP contribution in [0.4, 0.5) is 0 Å². The molecule has 1 aromatic heterocycles. The second-order valence-electron chi connectivity index (χ2n) is 4.40. The highest BCUT2D eigenvalue weighted by molar-refractivity contribution is 7.99. The maximum Gasteiger partial charge on any atom is 0.208 e. The first-order valence-corrected chi connectivity index (χ1v) is 7.46. The third kappa shape index (κ3) is 6.68. The molecule has 1 atom stereocenters. The zero-order valence-electron chi connectivity index (χ0n) is 11.1. The molecule has 0 aliphatic rings. The summed E-state index contributed by atoms with van der Waals surface area (Å²) < 4.78 is 0. The second-order valence-corrected chi connectivity index (χ2v) is 5.46. The van der Waals surface area contributed by atoms with Crippen molar-refractivity contribution in [2.24, 2.45) is 0 Å². The smallest absolute Gasteiger partial charge is 0.208 e. The summed E-state index contributed by atoms with van der Waals surface area (Å²) in [6.45, 7) is 7.45. The minimum Gasteiger partial charge on any atom is -0.313 e. The van der Waals surface area contributed by atoms with Crippen LogP contribution >= 0.6 is 11.8 Å². The summed E-state index contributed by atoms with van der Waals surface area (Å²) >= 11 is 1.70. The van der Waals surface area contributed by atoms with Crippen molar-refractivity contribution in [3.63, 3.8) is 0 Å². The zero-order chi connectivity index (χ0) is 12.5. The third-order valence-corrected chi connectivity index (χ3v) is 3.49. The summed E-state index contributed by atoms with van der Waals surface area (Å²) in [6.07, 6.45) is 5.25. The van der Waals surface area contributed by atoms with Gasteiger partial charge in [-0.15, -0.1) is 5.10 Å². The molecule has 0 radical (unpaired) electrons. The SMILES string of the molecule is CCCCCC(C)NCCSc1n[nH]c(C)n1. The Bertz CT molecular complexity index is 300. The van der Waals surface area contributed by atoms with E-state index in [1.165, 1.54) is 25.7 Å². The van der Waals surface area contributed by atoms with Crippen LogP contribution < -0.4 is 5.32 Å². The average molecular weight is 256 g/mol. The van der Waals surface area contributed by atoms with Gasteiger partial charge >= 0.3 is 0 Å². The number of H-pyrrole nitrogens is 1. The molecule has 1 rings (SSSR count). The molecule has 2 N–H and O–H groups in total. The quantitative estimate of drug-likeness (QED) is 0.527. The Morgan fingerprint density at radius 2 is 2.24 bits per heavy atom. The lowest BCUT2D eigenvalue weighted by Crippen LogP contribution is -2.28. The van der Waals surface area contributed by atoms with Gasteiger partial charge in [0.2, 0.25) is 5.16 Å². The zero-order valence-corrected chi connectivity index (χ0v) is 11.9. The van der Waals surface area contributed by atoms with Crippen LogP contribution in [-0.4, -0.2) is 33.5 Å². The molecule has 1 unspecified atom stereocenters. The van der Waals surface area contributed by atoms with Gasteiger partial charge in [-0.3, -0.25) is 5.10 Å². The Balaban J connectivity index is 2.00. The highest BCUT2D eigenvalue weighted by atomic mass is 32.2. The van der Waals surface area contributed by atoms with Crippen LogP contribution in [0.5, 0.6) is 0 Å². The molecular weight excluding hydrogens is 232 g/mol. The molecule has 0 aromatic carbocycles. The number of aromatic amines is 1. The Morgan fingerprint density at radius 3 is 2.88 bits per heavy atom. The largest absolute Gasteiger partial charge is 0.313 e. The summed E-state index contributed by atoms with van der Waals surface area (Å²) in [5.74, 6) is 1.91. The topological polar surface area (TPSA) is 53.6 Å². The Labute approximate surface area is 108 Å². The Morgan fingerprint density at radius 1 is 1.41 bits per heavy atom. The molecule has 5 heteroatoms. The van der Waals surface area contributed by atoms with Crippen LogP contribution in [0, 0.1) is 6.92 Å². The molecule has 0 bridgehead atoms. The van der Waals surface area contributed by atoms with Crippen LogP contribution in [0.3, 0.4) is 0 Å². The maximum absolute atomic E-state index is 4.26. The van der Waals surface area contributed by atoms with E-state index in [2.05, 4.69) is 34.3 Å². The number of aromatic nitrogens is 3. The van der Waals surface area contributed by atoms with Crippen molar-refractivity contribution in [1.29, 1.82) is 0 Å². The van der Waals surface area contributed by atoms with Gasteiger partial charge in [0.15, 0.2) is 0 Å². The van der Waals surface area contributed by atoms with Crippen LogP contribution in [0.15, 0.2) is 5.16 Å². The molecule has 1 heterocycles. The normalized spacial score (nSPS) is 12.9. The Kier molecular flexibility index (Phi) is 7.28. The van der Waals surface area contributed by atoms with Gasteiger partial charge in [0.1, 0.15) is 5.82 Å². The number of nitrogens with zero attached hydrogens (tertiary/aromatic N) is 2. The van der Waals surface area contributed by atoms with Gasteiger partial charge in [-0.2, -0.15) is 0 Å². The first kappa shape index (κ1) is 14.5. The number of thioether (sulfide) groups is 1. The van der Waals surface area contributed by atoms with Gasteiger partial charge in [-0.25, -0.2) is 4.98 Å². The first-order valence-electron chi connectivity index (χ1n) is 6.47. The van der Waals surface area contributed by atoms with E-state index >= 15 is 0 Å². The van der Waals surface area contributed by atoms with Gasteiger partial charge in [0, 0.05) is 18.3 Å². The number of nitrogens with one attached hydrogen (secondary N) is 2. The number of hydrogen-bond acceptors (Lipinski definition) is 4. The average Bonchev–Trinajstić information content (AvgIpc) is 2.71. The van der Waals surface area contributed by atoms with Crippen LogP contribution in [0.2, 0.25) is 0 Å². The van der Waals surface area contributed by atoms with Gasteiger partial charge < -0.3 is 5.32 Å². The van der Waals surface area contributed by atoms with Crippen molar-refractivity contribution in [2.75, 3.05) is 12.3 Å². The molecule has 0 saturated heterocycles. The summed E-state index contributed by atoms with van der Waals surface area (Å²) in [4.78, 5) is 4.26. The van der Waals surface area contributed by atoms with Crippen molar-refractivity contribution < 1.29 is 0 Å². The van der Waals surface area contributed by atoms with Gasteiger partial charge in [0.05, 0.1) is 0 Å². The van der Waals surface area contributed by atoms with E-state index < -0.39 is 0 Å². The minimum atomic E-state index is 0.621. The van der Waals surface area contributed by atoms with Crippen molar-refractivity contribution >= 4 is 11.8 Å². The third-order valence-electron chi connectivity index (χ3n) is 2.64. The fourth-order valence-corrected chi connectivity index (χ4v) is 2.35. The standard InChI is InChI=1S/C12H24N4S/c1-4-5-6-7-10(2)13-8-9-17-12-14-11(3)15-16-12/h10,13H,4-9H2,1-3H3,(H,14,15,16). The molecule has 4 nitrogen and oxygen atoms in total. The summed E-state index contributed by atoms with van der Waals surface area (Å²) in [6, 6.07) is 0.621. The Hall–Kier alpha value is -0.550. The highest BCUT2D eigenvalue weighted by Gasteiger charge is 2.02. The maximum atomic E-state index is 4.26. The van der Waals surface area contributed by atoms with Crippen LogP contribution in [0.1, 0.15) is 45.4 Å². The first-order chi connectivity index (χ1) is 8.22. The van der Waals surface area contributed by atoms with E-state index in [4.69, 9.17) is 0 Å². The van der Waals surface area contributed by atoms with E-state index in [1.54, 1.807) is 11.8 Å². The minimum absolute atomic E-state index is 0.621. The van der Waals surface area contributed by atoms with E-state index in [0.29, 0.717) is 6.04 Å². The molecule has 1 aromatic rings. The summed E-state index contributed by atoms with van der Waals surface area (Å²) in [5, 5.41) is 11.3. The van der Waals surface area contributed by atoms with Gasteiger partial charge in [-0.05, 0) is 20.3 Å². The van der Waals surface area contributed by atoms with Crippen molar-refractivity contribution in [3.05, 3.63) is 5.82 Å². The monoisotopic (exact) mass is 256 g/mol. The lowest BCUT2D eigenvalue weighted by Gasteiger charge is -2.12. The summed E-state index contributed by atoms with van der Waals surface area (Å²) in [7, 11) is 0. The fraction of sp³-hybridized carbons (Fsp3) is 0.833. The molecule has 0 saturated carbocycles. The van der Waals surface area contributed by atoms with Crippen LogP contribution in [-0.2, 0) is 0 Å². The predicted octanol–water partition coefficient (Wildman–Crippen LogP) is 2.76. The van der Waals surface area contributed by atoms with E-state index in [9.17, 15) is 0 Å². The lowest BCUT2D eigenvalue weighted by atomic mass is 10.1. The van der Waals surface area contributed by atoms with Crippen molar-refractivity contribution in [3.8, 4) is 0 Å². The second kappa shape index (κ2) is 8.53. The van der Waals surface area contributed by atoms with E-state index in [0.717, 1.165) is 23.3 Å². The molecule has 98 valence electrons. The van der Waals surface area contributed by atoms with Gasteiger partial charge in [-0.1, -0.05) is 37.9 Å². The molecule has 0 aliphatic heterocycles. The lowest BCUT2D eigenvalue weighted by molar-refractivity contribution is 0.502. The molecule has 0 aliphatic carbocycles. The van der Waals surface area contributed by atoms with Gasteiger partial charge in [0.25, 0.3) is 0 Å². The highest BCUT2D eigenvalue weighted by Crippen LogP contribution is 2.11. The fourth-order valence-electron chi connectivity index (χ4n) is 1.64. The number of rotatable bonds is 9. The van der Waals surface area contributed by atoms with Crippen LogP contribution in [0.25, 0.3) is 0 Å². The van der Waals surface area contributed by atoms with Crippen molar-refractivity contribution in [2.45, 2.75) is 57.7 Å². The summed E-state index contributed by atoms with van der Waals surface area (Å²) in [5.41, 5.74) is 0.